The highest BCUT2D eigenvalue weighted by atomic mass is 32.1. The second-order valence-electron chi connectivity index (χ2n) is 13.1. The predicted molar refractivity (Wildman–Crippen MR) is 178 cm³/mol. The maximum absolute atomic E-state index is 14.2. The summed E-state index contributed by atoms with van der Waals surface area (Å²) in [6.45, 7) is 19.0. The number of aromatic nitrogens is 1. The van der Waals surface area contributed by atoms with Gasteiger partial charge < -0.3 is 14.2 Å². The fraction of sp³-hybridized carbons (Fsp3) is 0.361. The van der Waals surface area contributed by atoms with Crippen LogP contribution in [0, 0.1) is 0 Å². The van der Waals surface area contributed by atoms with Crippen molar-refractivity contribution in [2.45, 2.75) is 72.3 Å². The standard InChI is InChI=1S/C36H40N2O7S/c1-11-16-44-33(42)28-20(2)37-34-38(29(28)23-12-14-24(15-13-23)32(41)43-10)31(40)27(46-34)19-22-17-25(35(4,5)6)30(45-21(3)39)26(18-22)36(7,8)9/h11-15,17-19,29H,1,16H2,2-10H3. The van der Waals surface area contributed by atoms with Gasteiger partial charge >= 0.3 is 17.9 Å². The molecule has 0 saturated heterocycles. The molecule has 0 fully saturated rings. The molecule has 2 aromatic carbocycles. The van der Waals surface area contributed by atoms with E-state index in [4.69, 9.17) is 14.2 Å². The molecule has 1 aliphatic rings. The number of allylic oxidation sites excluding steroid dienone is 1. The first-order valence-electron chi connectivity index (χ1n) is 14.8. The number of carbonyl (C=O) groups excluding carboxylic acids is 3. The maximum Gasteiger partial charge on any atom is 0.338 e. The van der Waals surface area contributed by atoms with Crippen molar-refractivity contribution in [2.75, 3.05) is 13.7 Å². The van der Waals surface area contributed by atoms with Gasteiger partial charge in [0.25, 0.3) is 5.56 Å². The van der Waals surface area contributed by atoms with Crippen molar-refractivity contribution in [1.29, 1.82) is 0 Å². The lowest BCUT2D eigenvalue weighted by Gasteiger charge is -2.29. The number of carbonyl (C=O) groups is 3. The van der Waals surface area contributed by atoms with E-state index in [0.717, 1.165) is 16.7 Å². The van der Waals surface area contributed by atoms with Crippen molar-refractivity contribution >= 4 is 35.3 Å². The summed E-state index contributed by atoms with van der Waals surface area (Å²) in [7, 11) is 1.30. The van der Waals surface area contributed by atoms with Gasteiger partial charge in [-0.1, -0.05) is 77.7 Å². The lowest BCUT2D eigenvalue weighted by Crippen LogP contribution is -2.40. The van der Waals surface area contributed by atoms with Gasteiger partial charge in [-0.2, -0.15) is 0 Å². The molecule has 1 unspecified atom stereocenters. The Balaban J connectivity index is 1.99. The average molecular weight is 645 g/mol. The minimum atomic E-state index is -0.857. The van der Waals surface area contributed by atoms with Gasteiger partial charge in [0.1, 0.15) is 12.4 Å². The van der Waals surface area contributed by atoms with Crippen LogP contribution in [-0.2, 0) is 29.9 Å². The van der Waals surface area contributed by atoms with Gasteiger partial charge in [0.15, 0.2) is 4.80 Å². The Morgan fingerprint density at radius 3 is 2.09 bits per heavy atom. The minimum absolute atomic E-state index is 0.0103. The second kappa shape index (κ2) is 13.0. The lowest BCUT2D eigenvalue weighted by molar-refractivity contribution is -0.138. The van der Waals surface area contributed by atoms with E-state index in [0.29, 0.717) is 31.9 Å². The molecular formula is C36H40N2O7S. The van der Waals surface area contributed by atoms with Crippen LogP contribution in [0.5, 0.6) is 5.75 Å². The highest BCUT2D eigenvalue weighted by Crippen LogP contribution is 2.41. The van der Waals surface area contributed by atoms with E-state index in [1.807, 2.05) is 53.7 Å². The molecule has 1 aromatic heterocycles. The van der Waals surface area contributed by atoms with Gasteiger partial charge in [-0.25, -0.2) is 14.6 Å². The first-order valence-corrected chi connectivity index (χ1v) is 15.7. The number of fused-ring (bicyclic) bond motifs is 1. The minimum Gasteiger partial charge on any atom is -0.465 e. The van der Waals surface area contributed by atoms with Gasteiger partial charge in [-0.05, 0) is 59.2 Å². The van der Waals surface area contributed by atoms with Crippen LogP contribution in [0.1, 0.15) is 94.0 Å². The molecule has 1 aliphatic heterocycles. The highest BCUT2D eigenvalue weighted by molar-refractivity contribution is 7.07. The van der Waals surface area contributed by atoms with E-state index in [9.17, 15) is 19.2 Å². The van der Waals surface area contributed by atoms with E-state index in [2.05, 4.69) is 11.6 Å². The SMILES string of the molecule is C=CCOC(=O)C1=C(C)N=c2sc(=Cc3cc(C(C)(C)C)c(OC(C)=O)c(C(C)(C)C)c3)c(=O)n2C1c1ccc(C(=O)OC)cc1. The van der Waals surface area contributed by atoms with Crippen molar-refractivity contribution in [3.8, 4) is 5.75 Å². The third-order valence-corrected chi connectivity index (χ3v) is 8.48. The second-order valence-corrected chi connectivity index (χ2v) is 14.1. The van der Waals surface area contributed by atoms with Gasteiger partial charge in [0.2, 0.25) is 0 Å². The quantitative estimate of drug-likeness (QED) is 0.196. The summed E-state index contributed by atoms with van der Waals surface area (Å²) in [6, 6.07) is 9.58. The molecule has 2 heterocycles. The number of benzene rings is 2. The fourth-order valence-corrected chi connectivity index (χ4v) is 6.33. The Labute approximate surface area is 272 Å². The third kappa shape index (κ3) is 6.97. The summed E-state index contributed by atoms with van der Waals surface area (Å²) >= 11 is 1.21. The zero-order chi connectivity index (χ0) is 34.1. The van der Waals surface area contributed by atoms with Gasteiger partial charge in [0.05, 0.1) is 34.5 Å². The number of hydrogen-bond donors (Lipinski definition) is 0. The normalized spacial score (nSPS) is 15.2. The molecule has 0 N–H and O–H groups in total. The lowest BCUT2D eigenvalue weighted by atomic mass is 9.78. The molecule has 9 nitrogen and oxygen atoms in total. The molecule has 0 radical (unpaired) electrons. The molecule has 0 amide bonds. The van der Waals surface area contributed by atoms with Gasteiger partial charge in [-0.15, -0.1) is 0 Å². The van der Waals surface area contributed by atoms with Gasteiger partial charge in [-0.3, -0.25) is 14.2 Å². The molecule has 3 aromatic rings. The molecule has 10 heteroatoms. The van der Waals surface area contributed by atoms with Crippen LogP contribution in [-0.4, -0.2) is 36.2 Å². The Kier molecular flexibility index (Phi) is 9.72. The van der Waals surface area contributed by atoms with E-state index >= 15 is 0 Å². The molecule has 0 aliphatic carbocycles. The summed E-state index contributed by atoms with van der Waals surface area (Å²) in [5.41, 5.74) is 2.88. The number of ether oxygens (including phenoxy) is 3. The van der Waals surface area contributed by atoms with Crippen LogP contribution >= 0.6 is 11.3 Å². The number of nitrogens with zero attached hydrogens (tertiary/aromatic N) is 2. The van der Waals surface area contributed by atoms with Crippen LogP contribution in [0.25, 0.3) is 6.08 Å². The van der Waals surface area contributed by atoms with E-state index < -0.39 is 23.9 Å². The summed E-state index contributed by atoms with van der Waals surface area (Å²) < 4.78 is 17.9. The smallest absolute Gasteiger partial charge is 0.338 e. The molecule has 242 valence electrons. The van der Waals surface area contributed by atoms with E-state index in [1.54, 1.807) is 37.3 Å². The first kappa shape index (κ1) is 34.3. The van der Waals surface area contributed by atoms with Gasteiger partial charge in [0, 0.05) is 18.1 Å². The molecule has 0 spiro atoms. The highest BCUT2D eigenvalue weighted by Gasteiger charge is 2.34. The van der Waals surface area contributed by atoms with Crippen LogP contribution in [0.3, 0.4) is 0 Å². The number of methoxy groups -OCH3 is 1. The number of esters is 3. The predicted octanol–water partition coefficient (Wildman–Crippen LogP) is 5.27. The summed E-state index contributed by atoms with van der Waals surface area (Å²) in [5, 5.41) is 0. The topological polar surface area (TPSA) is 113 Å². The van der Waals surface area contributed by atoms with Crippen molar-refractivity contribution in [3.05, 3.63) is 108 Å². The summed E-state index contributed by atoms with van der Waals surface area (Å²) in [5.74, 6) is -1.01. The van der Waals surface area contributed by atoms with Crippen molar-refractivity contribution in [2.24, 2.45) is 4.99 Å². The van der Waals surface area contributed by atoms with Crippen LogP contribution in [0.15, 0.2) is 70.1 Å². The molecule has 1 atom stereocenters. The zero-order valence-electron chi connectivity index (χ0n) is 27.8. The molecule has 0 saturated carbocycles. The molecule has 4 rings (SSSR count). The molecule has 0 bridgehead atoms. The number of rotatable bonds is 7. The first-order chi connectivity index (χ1) is 21.5. The Bertz CT molecular complexity index is 1900. The number of hydrogen-bond acceptors (Lipinski definition) is 9. The fourth-order valence-electron chi connectivity index (χ4n) is 5.28. The number of thiazole rings is 1. The largest absolute Gasteiger partial charge is 0.465 e. The van der Waals surface area contributed by atoms with E-state index in [1.165, 1.54) is 36.0 Å². The van der Waals surface area contributed by atoms with Crippen molar-refractivity contribution in [1.82, 2.24) is 4.57 Å². The van der Waals surface area contributed by atoms with Crippen LogP contribution in [0.4, 0.5) is 0 Å². The Morgan fingerprint density at radius 1 is 1.00 bits per heavy atom. The van der Waals surface area contributed by atoms with Crippen LogP contribution < -0.4 is 19.6 Å². The Hall–Kier alpha value is -4.57. The molecule has 46 heavy (non-hydrogen) atoms. The Morgan fingerprint density at radius 2 is 1.59 bits per heavy atom. The van der Waals surface area contributed by atoms with Crippen molar-refractivity contribution in [3.63, 3.8) is 0 Å². The third-order valence-electron chi connectivity index (χ3n) is 7.49. The summed E-state index contributed by atoms with van der Waals surface area (Å²) in [4.78, 5) is 56.9. The summed E-state index contributed by atoms with van der Waals surface area (Å²) in [6.07, 6.45) is 3.27. The average Bonchev–Trinajstić information content (AvgIpc) is 3.27. The van der Waals surface area contributed by atoms with Crippen LogP contribution in [0.2, 0.25) is 0 Å². The van der Waals surface area contributed by atoms with Crippen molar-refractivity contribution < 1.29 is 28.6 Å². The molecular weight excluding hydrogens is 604 g/mol. The monoisotopic (exact) mass is 644 g/mol. The maximum atomic E-state index is 14.2. The van der Waals surface area contributed by atoms with E-state index in [-0.39, 0.29) is 28.6 Å². The zero-order valence-corrected chi connectivity index (χ0v) is 28.6.